The molecule has 0 saturated heterocycles. The summed E-state index contributed by atoms with van der Waals surface area (Å²) < 4.78 is 13.1. The number of rotatable bonds is 4. The quantitative estimate of drug-likeness (QED) is 0.618. The molecule has 4 heteroatoms. The zero-order valence-electron chi connectivity index (χ0n) is 9.66. The third-order valence-electron chi connectivity index (χ3n) is 2.37. The minimum atomic E-state index is -0.528. The minimum absolute atomic E-state index is 0.100. The van der Waals surface area contributed by atoms with Crippen LogP contribution in [0.25, 0.3) is 0 Å². The maximum atomic E-state index is 13.1. The number of amides is 1. The summed E-state index contributed by atoms with van der Waals surface area (Å²) in [6, 6.07) is 3.64. The van der Waals surface area contributed by atoms with Crippen LogP contribution in [0, 0.1) is 18.2 Å². The molecular formula is C13H15FN2O. The molecule has 1 atom stereocenters. The zero-order valence-corrected chi connectivity index (χ0v) is 9.66. The third kappa shape index (κ3) is 3.80. The van der Waals surface area contributed by atoms with Crippen molar-refractivity contribution in [2.75, 3.05) is 5.73 Å². The Kier molecular flexibility index (Phi) is 4.53. The molecule has 3 N–H and O–H groups in total. The van der Waals surface area contributed by atoms with E-state index in [1.807, 2.05) is 6.92 Å². The van der Waals surface area contributed by atoms with Crippen LogP contribution in [0.15, 0.2) is 18.2 Å². The maximum absolute atomic E-state index is 13.1. The largest absolute Gasteiger partial charge is 0.399 e. The fourth-order valence-electron chi connectivity index (χ4n) is 1.45. The van der Waals surface area contributed by atoms with Gasteiger partial charge in [-0.2, -0.15) is 0 Å². The van der Waals surface area contributed by atoms with Gasteiger partial charge in [0, 0.05) is 23.7 Å². The first kappa shape index (κ1) is 13.0. The summed E-state index contributed by atoms with van der Waals surface area (Å²) in [5.74, 6) is 1.59. The van der Waals surface area contributed by atoms with Crippen LogP contribution in [0.3, 0.4) is 0 Å². The number of nitrogens with two attached hydrogens (primary N) is 1. The van der Waals surface area contributed by atoms with Gasteiger partial charge in [-0.1, -0.05) is 6.92 Å². The number of halogens is 1. The number of carbonyl (C=O) groups is 1. The van der Waals surface area contributed by atoms with Gasteiger partial charge in [0.25, 0.3) is 5.91 Å². The molecular weight excluding hydrogens is 219 g/mol. The maximum Gasteiger partial charge on any atom is 0.251 e. The van der Waals surface area contributed by atoms with Crippen LogP contribution in [0.4, 0.5) is 10.1 Å². The first-order valence-electron chi connectivity index (χ1n) is 5.37. The Labute approximate surface area is 100 Å². The van der Waals surface area contributed by atoms with E-state index in [1.54, 1.807) is 0 Å². The van der Waals surface area contributed by atoms with E-state index in [4.69, 9.17) is 12.2 Å². The third-order valence-corrected chi connectivity index (χ3v) is 2.37. The van der Waals surface area contributed by atoms with E-state index in [-0.39, 0.29) is 23.2 Å². The Balaban J connectivity index is 2.79. The van der Waals surface area contributed by atoms with Gasteiger partial charge in [-0.05, 0) is 24.6 Å². The predicted octanol–water partition coefficient (Wildman–Crippen LogP) is 1.94. The molecule has 3 nitrogen and oxygen atoms in total. The molecule has 0 aliphatic heterocycles. The highest BCUT2D eigenvalue weighted by molar-refractivity contribution is 5.95. The Morgan fingerprint density at radius 1 is 1.59 bits per heavy atom. The summed E-state index contributed by atoms with van der Waals surface area (Å²) in [5, 5.41) is 2.73. The highest BCUT2D eigenvalue weighted by atomic mass is 19.1. The molecule has 0 radical (unpaired) electrons. The molecule has 0 fully saturated rings. The fourth-order valence-corrected chi connectivity index (χ4v) is 1.45. The molecule has 1 aromatic carbocycles. The number of anilines is 1. The average molecular weight is 234 g/mol. The summed E-state index contributed by atoms with van der Waals surface area (Å²) in [6.07, 6.45) is 6.36. The Morgan fingerprint density at radius 3 is 2.82 bits per heavy atom. The molecule has 0 aliphatic rings. The summed E-state index contributed by atoms with van der Waals surface area (Å²) in [7, 11) is 0. The van der Waals surface area contributed by atoms with E-state index in [9.17, 15) is 9.18 Å². The lowest BCUT2D eigenvalue weighted by Gasteiger charge is -2.14. The molecule has 1 rings (SSSR count). The van der Waals surface area contributed by atoms with Crippen LogP contribution in [-0.4, -0.2) is 11.9 Å². The van der Waals surface area contributed by atoms with E-state index in [2.05, 4.69) is 11.2 Å². The molecule has 0 heterocycles. The first-order valence-corrected chi connectivity index (χ1v) is 5.37. The second-order valence-corrected chi connectivity index (χ2v) is 3.76. The van der Waals surface area contributed by atoms with Crippen molar-refractivity contribution in [2.45, 2.75) is 25.8 Å². The highest BCUT2D eigenvalue weighted by Gasteiger charge is 2.12. The second kappa shape index (κ2) is 5.90. The van der Waals surface area contributed by atoms with Gasteiger partial charge in [-0.15, -0.1) is 12.3 Å². The molecule has 0 saturated carbocycles. The summed E-state index contributed by atoms with van der Waals surface area (Å²) >= 11 is 0. The number of carbonyl (C=O) groups excluding carboxylic acids is 1. The van der Waals surface area contributed by atoms with E-state index in [0.29, 0.717) is 6.42 Å². The Morgan fingerprint density at radius 2 is 2.29 bits per heavy atom. The monoisotopic (exact) mass is 234 g/mol. The van der Waals surface area contributed by atoms with Crippen molar-refractivity contribution in [3.8, 4) is 12.3 Å². The lowest BCUT2D eigenvalue weighted by Crippen LogP contribution is -2.34. The summed E-state index contributed by atoms with van der Waals surface area (Å²) in [4.78, 5) is 11.8. The standard InChI is InChI=1S/C13H15FN2O/c1-3-5-12(4-2)16-13(17)9-6-10(14)8-11(15)7-9/h1,6-8,12H,4-5,15H2,2H3,(H,16,17). The summed E-state index contributed by atoms with van der Waals surface area (Å²) in [5.41, 5.74) is 5.90. The van der Waals surface area contributed by atoms with Crippen LogP contribution in [0.1, 0.15) is 30.1 Å². The van der Waals surface area contributed by atoms with E-state index in [0.717, 1.165) is 18.6 Å². The number of nitrogens with one attached hydrogen (secondary N) is 1. The van der Waals surface area contributed by atoms with Gasteiger partial charge in [-0.3, -0.25) is 4.79 Å². The van der Waals surface area contributed by atoms with Crippen LogP contribution < -0.4 is 11.1 Å². The predicted molar refractivity (Wildman–Crippen MR) is 65.8 cm³/mol. The van der Waals surface area contributed by atoms with Crippen molar-refractivity contribution < 1.29 is 9.18 Å². The number of nitrogen functional groups attached to an aromatic ring is 1. The molecule has 17 heavy (non-hydrogen) atoms. The van der Waals surface area contributed by atoms with Crippen LogP contribution >= 0.6 is 0 Å². The van der Waals surface area contributed by atoms with Crippen molar-refractivity contribution in [3.05, 3.63) is 29.6 Å². The number of terminal acetylenes is 1. The van der Waals surface area contributed by atoms with Crippen molar-refractivity contribution in [1.29, 1.82) is 0 Å². The topological polar surface area (TPSA) is 55.1 Å². The van der Waals surface area contributed by atoms with E-state index >= 15 is 0 Å². The van der Waals surface area contributed by atoms with Gasteiger partial charge in [0.15, 0.2) is 0 Å². The normalized spacial score (nSPS) is 11.6. The lowest BCUT2D eigenvalue weighted by atomic mass is 10.1. The second-order valence-electron chi connectivity index (χ2n) is 3.76. The van der Waals surface area contributed by atoms with Crippen molar-refractivity contribution in [1.82, 2.24) is 5.32 Å². The average Bonchev–Trinajstić information content (AvgIpc) is 2.27. The molecule has 0 aromatic heterocycles. The van der Waals surface area contributed by atoms with Crippen LogP contribution in [0.2, 0.25) is 0 Å². The number of benzene rings is 1. The Hall–Kier alpha value is -2.02. The molecule has 90 valence electrons. The highest BCUT2D eigenvalue weighted by Crippen LogP contribution is 2.11. The SMILES string of the molecule is C#CCC(CC)NC(=O)c1cc(N)cc(F)c1. The van der Waals surface area contributed by atoms with Crippen LogP contribution in [-0.2, 0) is 0 Å². The molecule has 0 bridgehead atoms. The first-order chi connectivity index (χ1) is 8.06. The molecule has 1 aromatic rings. The fraction of sp³-hybridized carbons (Fsp3) is 0.308. The zero-order chi connectivity index (χ0) is 12.8. The smallest absolute Gasteiger partial charge is 0.251 e. The van der Waals surface area contributed by atoms with Crippen molar-refractivity contribution >= 4 is 11.6 Å². The molecule has 1 unspecified atom stereocenters. The number of hydrogen-bond donors (Lipinski definition) is 2. The van der Waals surface area contributed by atoms with Gasteiger partial charge >= 0.3 is 0 Å². The van der Waals surface area contributed by atoms with Gasteiger partial charge < -0.3 is 11.1 Å². The summed E-state index contributed by atoms with van der Waals surface area (Å²) in [6.45, 7) is 1.92. The number of hydrogen-bond acceptors (Lipinski definition) is 2. The Bertz CT molecular complexity index is 431. The molecule has 0 spiro atoms. The van der Waals surface area contributed by atoms with Gasteiger partial charge in [0.05, 0.1) is 0 Å². The van der Waals surface area contributed by atoms with Crippen molar-refractivity contribution in [2.24, 2.45) is 0 Å². The van der Waals surface area contributed by atoms with E-state index < -0.39 is 5.82 Å². The van der Waals surface area contributed by atoms with Gasteiger partial charge in [0.2, 0.25) is 0 Å². The van der Waals surface area contributed by atoms with Crippen molar-refractivity contribution in [3.63, 3.8) is 0 Å². The van der Waals surface area contributed by atoms with Gasteiger partial charge in [0.1, 0.15) is 5.82 Å². The molecule has 1 amide bonds. The lowest BCUT2D eigenvalue weighted by molar-refractivity contribution is 0.0936. The van der Waals surface area contributed by atoms with E-state index in [1.165, 1.54) is 6.07 Å². The van der Waals surface area contributed by atoms with Gasteiger partial charge in [-0.25, -0.2) is 4.39 Å². The molecule has 0 aliphatic carbocycles. The van der Waals surface area contributed by atoms with Crippen LogP contribution in [0.5, 0.6) is 0 Å². The minimum Gasteiger partial charge on any atom is -0.399 e.